The molecule has 0 bridgehead atoms. The van der Waals surface area contributed by atoms with Gasteiger partial charge in [0.25, 0.3) is 5.91 Å². The minimum absolute atomic E-state index is 0.139. The maximum atomic E-state index is 12.7. The zero-order valence-corrected chi connectivity index (χ0v) is 14.5. The molecule has 1 saturated carbocycles. The maximum Gasteiger partial charge on any atom is 0.254 e. The van der Waals surface area contributed by atoms with Crippen LogP contribution in [0.15, 0.2) is 41.2 Å². The Balaban J connectivity index is 1.40. The van der Waals surface area contributed by atoms with Gasteiger partial charge in [-0.15, -0.1) is 0 Å². The van der Waals surface area contributed by atoms with Crippen molar-refractivity contribution in [2.45, 2.75) is 25.9 Å². The van der Waals surface area contributed by atoms with Gasteiger partial charge in [0, 0.05) is 30.1 Å². The first-order valence-electron chi connectivity index (χ1n) is 8.56. The van der Waals surface area contributed by atoms with Gasteiger partial charge in [-0.3, -0.25) is 9.78 Å². The van der Waals surface area contributed by atoms with Crippen LogP contribution in [0.1, 0.15) is 35.3 Å². The number of hydrogen-bond donors (Lipinski definition) is 0. The highest BCUT2D eigenvalue weighted by Crippen LogP contribution is 2.49. The van der Waals surface area contributed by atoms with Crippen molar-refractivity contribution in [2.24, 2.45) is 11.3 Å². The van der Waals surface area contributed by atoms with Gasteiger partial charge < -0.3 is 9.64 Å². The lowest BCUT2D eigenvalue weighted by Crippen LogP contribution is -2.34. The third-order valence-corrected chi connectivity index (χ3v) is 6.14. The van der Waals surface area contributed by atoms with Crippen LogP contribution in [-0.2, 0) is 11.3 Å². The van der Waals surface area contributed by atoms with E-state index in [9.17, 15) is 4.79 Å². The summed E-state index contributed by atoms with van der Waals surface area (Å²) in [6.45, 7) is 2.98. The van der Waals surface area contributed by atoms with Crippen LogP contribution in [0.3, 0.4) is 0 Å². The van der Waals surface area contributed by atoms with Crippen LogP contribution in [0.5, 0.6) is 0 Å². The number of rotatable bonds is 5. The highest BCUT2D eigenvalue weighted by molar-refractivity contribution is 7.08. The van der Waals surface area contributed by atoms with Crippen molar-refractivity contribution in [1.82, 2.24) is 9.88 Å². The van der Waals surface area contributed by atoms with E-state index in [0.717, 1.165) is 37.4 Å². The summed E-state index contributed by atoms with van der Waals surface area (Å²) in [5, 5.41) is 3.91. The molecule has 1 aliphatic carbocycles. The van der Waals surface area contributed by atoms with E-state index in [0.29, 0.717) is 12.5 Å². The molecule has 0 spiro atoms. The van der Waals surface area contributed by atoms with Gasteiger partial charge in [0.2, 0.25) is 0 Å². The van der Waals surface area contributed by atoms with Crippen LogP contribution < -0.4 is 0 Å². The normalized spacial score (nSPS) is 25.8. The lowest BCUT2D eigenvalue weighted by molar-refractivity contribution is 0.0252. The molecule has 1 amide bonds. The Morgan fingerprint density at radius 2 is 2.38 bits per heavy atom. The van der Waals surface area contributed by atoms with E-state index in [4.69, 9.17) is 4.74 Å². The van der Waals surface area contributed by atoms with Crippen molar-refractivity contribution >= 4 is 17.2 Å². The lowest BCUT2D eigenvalue weighted by atomic mass is 9.81. The van der Waals surface area contributed by atoms with Crippen molar-refractivity contribution in [3.63, 3.8) is 0 Å². The third-order valence-electron chi connectivity index (χ3n) is 5.46. The van der Waals surface area contributed by atoms with Gasteiger partial charge in [-0.2, -0.15) is 11.3 Å². The van der Waals surface area contributed by atoms with Crippen molar-refractivity contribution < 1.29 is 9.53 Å². The molecular weight excluding hydrogens is 320 g/mol. The van der Waals surface area contributed by atoms with Crippen LogP contribution in [0.4, 0.5) is 0 Å². The minimum Gasteiger partial charge on any atom is -0.375 e. The van der Waals surface area contributed by atoms with Crippen LogP contribution in [0, 0.1) is 11.3 Å². The summed E-state index contributed by atoms with van der Waals surface area (Å²) in [6.07, 6.45) is 5.41. The van der Waals surface area contributed by atoms with Gasteiger partial charge in [0.1, 0.15) is 0 Å². The summed E-state index contributed by atoms with van der Waals surface area (Å²) in [6, 6.07) is 7.81. The van der Waals surface area contributed by atoms with Gasteiger partial charge in [0.15, 0.2) is 0 Å². The quantitative estimate of drug-likeness (QED) is 0.834. The summed E-state index contributed by atoms with van der Waals surface area (Å²) in [4.78, 5) is 19.0. The molecule has 126 valence electrons. The second-order valence-corrected chi connectivity index (χ2v) is 7.74. The number of carbonyl (C=O) groups is 1. The molecule has 0 radical (unpaired) electrons. The zero-order chi connectivity index (χ0) is 16.4. The second kappa shape index (κ2) is 6.65. The number of nitrogens with zero attached hydrogens (tertiary/aromatic N) is 2. The van der Waals surface area contributed by atoms with Crippen molar-refractivity contribution in [3.8, 4) is 0 Å². The predicted molar refractivity (Wildman–Crippen MR) is 93.9 cm³/mol. The average molecular weight is 342 g/mol. The Hall–Kier alpha value is -1.72. The van der Waals surface area contributed by atoms with Crippen LogP contribution in [0.25, 0.3) is 0 Å². The van der Waals surface area contributed by atoms with Gasteiger partial charge in [-0.1, -0.05) is 12.5 Å². The van der Waals surface area contributed by atoms with Crippen molar-refractivity contribution in [3.05, 3.63) is 52.5 Å². The first-order valence-corrected chi connectivity index (χ1v) is 9.50. The molecule has 4 nitrogen and oxygen atoms in total. The molecule has 0 aromatic carbocycles. The van der Waals surface area contributed by atoms with Crippen molar-refractivity contribution in [1.29, 1.82) is 0 Å². The molecule has 24 heavy (non-hydrogen) atoms. The molecule has 3 heterocycles. The topological polar surface area (TPSA) is 42.4 Å². The fourth-order valence-corrected chi connectivity index (χ4v) is 4.85. The summed E-state index contributed by atoms with van der Waals surface area (Å²) >= 11 is 1.58. The van der Waals surface area contributed by atoms with Gasteiger partial charge in [0.05, 0.1) is 24.5 Å². The molecule has 5 heteroatoms. The maximum absolute atomic E-state index is 12.7. The Bertz CT molecular complexity index is 689. The molecule has 2 fully saturated rings. The molecule has 2 aromatic heterocycles. The monoisotopic (exact) mass is 342 g/mol. The number of likely N-dealkylation sites (tertiary alicyclic amines) is 1. The molecule has 1 aliphatic heterocycles. The number of aromatic nitrogens is 1. The average Bonchev–Trinajstić information content (AvgIpc) is 3.31. The van der Waals surface area contributed by atoms with E-state index in [1.54, 1.807) is 17.5 Å². The van der Waals surface area contributed by atoms with Crippen LogP contribution in [-0.4, -0.2) is 35.5 Å². The summed E-state index contributed by atoms with van der Waals surface area (Å²) < 4.78 is 6.03. The van der Waals surface area contributed by atoms with E-state index in [1.165, 1.54) is 12.8 Å². The van der Waals surface area contributed by atoms with E-state index in [1.807, 2.05) is 39.9 Å². The summed E-state index contributed by atoms with van der Waals surface area (Å²) in [5.41, 5.74) is 1.93. The molecule has 1 saturated heterocycles. The first kappa shape index (κ1) is 15.8. The molecule has 0 unspecified atom stereocenters. The lowest BCUT2D eigenvalue weighted by Gasteiger charge is -2.28. The Morgan fingerprint density at radius 3 is 3.17 bits per heavy atom. The fourth-order valence-electron chi connectivity index (χ4n) is 4.22. The van der Waals surface area contributed by atoms with Gasteiger partial charge >= 0.3 is 0 Å². The van der Waals surface area contributed by atoms with E-state index in [-0.39, 0.29) is 11.3 Å². The van der Waals surface area contributed by atoms with Crippen LogP contribution >= 0.6 is 11.3 Å². The number of amides is 1. The Labute approximate surface area is 146 Å². The molecule has 2 aromatic rings. The van der Waals surface area contributed by atoms with Crippen LogP contribution in [0.2, 0.25) is 0 Å². The van der Waals surface area contributed by atoms with E-state index >= 15 is 0 Å². The molecule has 2 aliphatic rings. The number of hydrogen-bond acceptors (Lipinski definition) is 4. The Morgan fingerprint density at radius 1 is 1.42 bits per heavy atom. The fraction of sp³-hybridized carbons (Fsp3) is 0.474. The standard InChI is InChI=1S/C19H22N2O2S/c22-18(15-6-9-24-12-15)21-10-16-4-3-7-19(16,13-21)14-23-11-17-5-1-2-8-20-17/h1-2,5-6,8-9,12,16H,3-4,7,10-11,13-14H2/t16-,19+/m0/s1. The highest BCUT2D eigenvalue weighted by Gasteiger charge is 2.50. The third kappa shape index (κ3) is 2.98. The van der Waals surface area contributed by atoms with E-state index in [2.05, 4.69) is 4.98 Å². The zero-order valence-electron chi connectivity index (χ0n) is 13.7. The number of thiophene rings is 1. The van der Waals surface area contributed by atoms with Gasteiger partial charge in [-0.25, -0.2) is 0 Å². The van der Waals surface area contributed by atoms with Gasteiger partial charge in [-0.05, 0) is 42.3 Å². The number of carbonyl (C=O) groups excluding carboxylic acids is 1. The smallest absolute Gasteiger partial charge is 0.254 e. The molecule has 2 atom stereocenters. The van der Waals surface area contributed by atoms with Crippen molar-refractivity contribution in [2.75, 3.05) is 19.7 Å². The minimum atomic E-state index is 0.139. The SMILES string of the molecule is O=C(c1ccsc1)N1C[C@@H]2CCC[C@]2(COCc2ccccn2)C1. The first-order chi connectivity index (χ1) is 11.8. The Kier molecular flexibility index (Phi) is 4.37. The largest absolute Gasteiger partial charge is 0.375 e. The summed E-state index contributed by atoms with van der Waals surface area (Å²) in [7, 11) is 0. The number of fused-ring (bicyclic) bond motifs is 1. The molecule has 4 rings (SSSR count). The molecular formula is C19H22N2O2S. The highest BCUT2D eigenvalue weighted by atomic mass is 32.1. The molecule has 0 N–H and O–H groups in total. The number of pyridine rings is 1. The number of ether oxygens (including phenoxy) is 1. The predicted octanol–water partition coefficient (Wildman–Crippen LogP) is 3.60. The van der Waals surface area contributed by atoms with E-state index < -0.39 is 0 Å². The second-order valence-electron chi connectivity index (χ2n) is 6.96. The summed E-state index contributed by atoms with van der Waals surface area (Å²) in [5.74, 6) is 0.749.